The van der Waals surface area contributed by atoms with Gasteiger partial charge in [0.2, 0.25) is 10.0 Å². The van der Waals surface area contributed by atoms with Crippen molar-refractivity contribution in [1.29, 1.82) is 0 Å². The van der Waals surface area contributed by atoms with Gasteiger partial charge in [-0.25, -0.2) is 17.4 Å². The van der Waals surface area contributed by atoms with Crippen molar-refractivity contribution in [1.82, 2.24) is 19.0 Å². The number of aliphatic carboxylic acids is 1. The van der Waals surface area contributed by atoms with Crippen molar-refractivity contribution in [3.05, 3.63) is 71.3 Å². The number of nitrogens with zero attached hydrogens (tertiary/aromatic N) is 4. The number of aromatic nitrogens is 2. The Morgan fingerprint density at radius 3 is 2.54 bits per heavy atom. The fourth-order valence-corrected chi connectivity index (χ4v) is 5.55. The molecule has 9 nitrogen and oxygen atoms in total. The van der Waals surface area contributed by atoms with E-state index in [0.717, 1.165) is 26.7 Å². The standard InChI is InChI=1S/C23H20N4O5S3/c1-25(2)35(31,32)18-10-6-7-15(11-18)21-16(13-27(24-21)17-8-4-3-5-9-17)12-19-22(30)26(14-20(28)29)23(33)34-19/h3-13H,14H2,1-2H3,(H,28,29). The van der Waals surface area contributed by atoms with Crippen LogP contribution in [0.2, 0.25) is 0 Å². The molecule has 4 rings (SSSR count). The molecule has 0 atom stereocenters. The predicted octanol–water partition coefficient (Wildman–Crippen LogP) is 3.08. The van der Waals surface area contributed by atoms with E-state index in [-0.39, 0.29) is 14.1 Å². The molecule has 0 saturated carbocycles. The van der Waals surface area contributed by atoms with Gasteiger partial charge < -0.3 is 5.11 Å². The Bertz CT molecular complexity index is 1460. The van der Waals surface area contributed by atoms with Crippen molar-refractivity contribution >= 4 is 56.3 Å². The third kappa shape index (κ3) is 5.05. The molecule has 2 aromatic carbocycles. The quantitative estimate of drug-likeness (QED) is 0.368. The van der Waals surface area contributed by atoms with E-state index in [2.05, 4.69) is 5.10 Å². The summed E-state index contributed by atoms with van der Waals surface area (Å²) in [4.78, 5) is 25.3. The monoisotopic (exact) mass is 528 g/mol. The highest BCUT2D eigenvalue weighted by Crippen LogP contribution is 2.35. The number of amides is 1. The molecule has 35 heavy (non-hydrogen) atoms. The number of thiocarbonyl (C=S) groups is 1. The molecule has 1 aliphatic rings. The Kier molecular flexibility index (Phi) is 6.90. The molecule has 1 fully saturated rings. The van der Waals surface area contributed by atoms with Crippen LogP contribution in [-0.4, -0.2) is 69.3 Å². The summed E-state index contributed by atoms with van der Waals surface area (Å²) >= 11 is 6.20. The van der Waals surface area contributed by atoms with Gasteiger partial charge in [-0.2, -0.15) is 5.10 Å². The number of sulfonamides is 1. The molecule has 1 amide bonds. The Hall–Kier alpha value is -3.32. The topological polar surface area (TPSA) is 113 Å². The van der Waals surface area contributed by atoms with Crippen LogP contribution in [0.4, 0.5) is 0 Å². The van der Waals surface area contributed by atoms with E-state index in [1.54, 1.807) is 29.1 Å². The highest BCUT2D eigenvalue weighted by Gasteiger charge is 2.33. The molecule has 12 heteroatoms. The van der Waals surface area contributed by atoms with Crippen molar-refractivity contribution < 1.29 is 23.1 Å². The van der Waals surface area contributed by atoms with Gasteiger partial charge in [0, 0.05) is 31.4 Å². The van der Waals surface area contributed by atoms with E-state index in [1.165, 1.54) is 26.2 Å². The number of hydrogen-bond acceptors (Lipinski definition) is 7. The van der Waals surface area contributed by atoms with Crippen LogP contribution in [0, 0.1) is 0 Å². The summed E-state index contributed by atoms with van der Waals surface area (Å²) in [6.07, 6.45) is 3.32. The maximum absolute atomic E-state index is 12.8. The number of carbonyl (C=O) groups is 2. The van der Waals surface area contributed by atoms with Gasteiger partial charge in [0.15, 0.2) is 0 Å². The lowest BCUT2D eigenvalue weighted by Gasteiger charge is -2.12. The minimum absolute atomic E-state index is 0.105. The van der Waals surface area contributed by atoms with Crippen molar-refractivity contribution in [3.8, 4) is 16.9 Å². The Labute approximate surface area is 211 Å². The van der Waals surface area contributed by atoms with Gasteiger partial charge >= 0.3 is 5.97 Å². The summed E-state index contributed by atoms with van der Waals surface area (Å²) in [5, 5.41) is 13.8. The molecule has 0 radical (unpaired) electrons. The van der Waals surface area contributed by atoms with E-state index >= 15 is 0 Å². The molecule has 180 valence electrons. The normalized spacial score (nSPS) is 15.4. The van der Waals surface area contributed by atoms with E-state index in [9.17, 15) is 18.0 Å². The van der Waals surface area contributed by atoms with Gasteiger partial charge in [-0.15, -0.1) is 0 Å². The lowest BCUT2D eigenvalue weighted by molar-refractivity contribution is -0.140. The minimum Gasteiger partial charge on any atom is -0.480 e. The number of carboxylic acid groups (broad SMARTS) is 1. The zero-order chi connectivity index (χ0) is 25.3. The minimum atomic E-state index is -3.68. The van der Waals surface area contributed by atoms with Crippen molar-refractivity contribution in [3.63, 3.8) is 0 Å². The summed E-state index contributed by atoms with van der Waals surface area (Å²) in [6.45, 7) is -0.525. The largest absolute Gasteiger partial charge is 0.480 e. The maximum atomic E-state index is 12.8. The second-order valence-corrected chi connectivity index (χ2v) is 11.5. The summed E-state index contributed by atoms with van der Waals surface area (Å²) in [5.41, 5.74) is 2.30. The lowest BCUT2D eigenvalue weighted by atomic mass is 10.1. The Balaban J connectivity index is 1.84. The number of carbonyl (C=O) groups excluding carboxylic acids is 1. The first-order chi connectivity index (χ1) is 16.6. The van der Waals surface area contributed by atoms with Crippen LogP contribution in [0.5, 0.6) is 0 Å². The van der Waals surface area contributed by atoms with Gasteiger partial charge in [0.05, 0.1) is 15.5 Å². The van der Waals surface area contributed by atoms with Crippen molar-refractivity contribution in [2.75, 3.05) is 20.6 Å². The average molecular weight is 529 g/mol. The lowest BCUT2D eigenvalue weighted by Crippen LogP contribution is -2.33. The first kappa shape index (κ1) is 24.8. The van der Waals surface area contributed by atoms with Crippen molar-refractivity contribution in [2.24, 2.45) is 0 Å². The van der Waals surface area contributed by atoms with Gasteiger partial charge in [-0.05, 0) is 30.3 Å². The summed E-state index contributed by atoms with van der Waals surface area (Å²) in [6, 6.07) is 15.7. The van der Waals surface area contributed by atoms with E-state index < -0.39 is 28.4 Å². The third-order valence-electron chi connectivity index (χ3n) is 5.10. The Morgan fingerprint density at radius 2 is 1.89 bits per heavy atom. The van der Waals surface area contributed by atoms with Gasteiger partial charge in [-0.3, -0.25) is 14.5 Å². The van der Waals surface area contributed by atoms with Crippen molar-refractivity contribution in [2.45, 2.75) is 4.90 Å². The number of thioether (sulfide) groups is 1. The molecule has 0 spiro atoms. The Morgan fingerprint density at radius 1 is 1.17 bits per heavy atom. The van der Waals surface area contributed by atoms with Crippen LogP contribution in [-0.2, 0) is 19.6 Å². The molecule has 0 aliphatic carbocycles. The van der Waals surface area contributed by atoms with Crippen LogP contribution >= 0.6 is 24.0 Å². The molecular weight excluding hydrogens is 508 g/mol. The van der Waals surface area contributed by atoms with Crippen LogP contribution in [0.15, 0.2) is 70.6 Å². The zero-order valence-corrected chi connectivity index (χ0v) is 21.1. The maximum Gasteiger partial charge on any atom is 0.323 e. The summed E-state index contributed by atoms with van der Waals surface area (Å²) in [5.74, 6) is -1.68. The summed E-state index contributed by atoms with van der Waals surface area (Å²) < 4.78 is 28.3. The van der Waals surface area contributed by atoms with Gasteiger partial charge in [-0.1, -0.05) is 54.3 Å². The molecule has 1 aliphatic heterocycles. The van der Waals surface area contributed by atoms with Crippen LogP contribution in [0.25, 0.3) is 23.0 Å². The molecule has 2 heterocycles. The smallest absolute Gasteiger partial charge is 0.323 e. The SMILES string of the molecule is CN(C)S(=O)(=O)c1cccc(-c2nn(-c3ccccc3)cc2C=C2SC(=S)N(CC(=O)O)C2=O)c1. The van der Waals surface area contributed by atoms with Gasteiger partial charge in [0.25, 0.3) is 5.91 Å². The first-order valence-corrected chi connectivity index (χ1v) is 12.9. The van der Waals surface area contributed by atoms with Crippen LogP contribution < -0.4 is 0 Å². The third-order valence-corrected chi connectivity index (χ3v) is 8.29. The van der Waals surface area contributed by atoms with Crippen LogP contribution in [0.1, 0.15) is 5.56 Å². The highest BCUT2D eigenvalue weighted by atomic mass is 32.2. The molecule has 1 N–H and O–H groups in total. The second kappa shape index (κ2) is 9.74. The number of hydrogen-bond donors (Lipinski definition) is 1. The fraction of sp³-hybridized carbons (Fsp3) is 0.130. The van der Waals surface area contributed by atoms with Gasteiger partial charge in [0.1, 0.15) is 16.6 Å². The molecule has 3 aromatic rings. The molecule has 0 bridgehead atoms. The fourth-order valence-electron chi connectivity index (χ4n) is 3.36. The van der Waals surface area contributed by atoms with E-state index in [4.69, 9.17) is 17.3 Å². The molecule has 1 saturated heterocycles. The summed E-state index contributed by atoms with van der Waals surface area (Å²) in [7, 11) is -0.767. The number of para-hydroxylation sites is 1. The molecular formula is C23H20N4O5S3. The number of benzene rings is 2. The first-order valence-electron chi connectivity index (χ1n) is 10.2. The average Bonchev–Trinajstić information content (AvgIpc) is 3.36. The second-order valence-electron chi connectivity index (χ2n) is 7.69. The highest BCUT2D eigenvalue weighted by molar-refractivity contribution is 8.26. The number of carboxylic acids is 1. The van der Waals surface area contributed by atoms with Crippen LogP contribution in [0.3, 0.4) is 0 Å². The van der Waals surface area contributed by atoms with E-state index in [1.807, 2.05) is 30.3 Å². The number of rotatable bonds is 7. The molecule has 1 aromatic heterocycles. The zero-order valence-electron chi connectivity index (χ0n) is 18.7. The predicted molar refractivity (Wildman–Crippen MR) is 137 cm³/mol. The molecule has 0 unspecified atom stereocenters. The van der Waals surface area contributed by atoms with E-state index in [0.29, 0.717) is 16.8 Å².